The summed E-state index contributed by atoms with van der Waals surface area (Å²) in [4.78, 5) is 4.20. The molecule has 0 radical (unpaired) electrons. The summed E-state index contributed by atoms with van der Waals surface area (Å²) in [5.41, 5.74) is 2.51. The maximum Gasteiger partial charge on any atom is 0.236 e. The van der Waals surface area contributed by atoms with Crippen molar-refractivity contribution in [1.82, 2.24) is 4.98 Å². The number of anilines is 1. The lowest BCUT2D eigenvalue weighted by molar-refractivity contribution is 0.120. The van der Waals surface area contributed by atoms with Gasteiger partial charge in [-0.1, -0.05) is 42.5 Å². The van der Waals surface area contributed by atoms with E-state index in [0.29, 0.717) is 24.1 Å². The average Bonchev–Trinajstić information content (AvgIpc) is 3.41. The molecular weight excluding hydrogens is 354 g/mol. The zero-order chi connectivity index (χ0) is 19.2. The van der Waals surface area contributed by atoms with Gasteiger partial charge in [0.05, 0.1) is 6.10 Å². The first-order valence-electron chi connectivity index (χ1n) is 9.35. The highest BCUT2D eigenvalue weighted by atomic mass is 16.5. The smallest absolute Gasteiger partial charge is 0.236 e. The molecule has 2 heterocycles. The third-order valence-electron chi connectivity index (χ3n) is 4.62. The number of nitrogens with one attached hydrogen (secondary N) is 1. The third-order valence-corrected chi connectivity index (χ3v) is 4.62. The van der Waals surface area contributed by atoms with Crippen LogP contribution in [0.1, 0.15) is 24.4 Å². The summed E-state index contributed by atoms with van der Waals surface area (Å²) < 4.78 is 17.0. The van der Waals surface area contributed by atoms with E-state index in [1.54, 1.807) is 0 Å². The maximum atomic E-state index is 9.26. The highest BCUT2D eigenvalue weighted by molar-refractivity contribution is 5.63. The summed E-state index contributed by atoms with van der Waals surface area (Å²) in [5, 5.41) is 12.4. The molecule has 2 aromatic carbocycles. The SMILES string of the molecule is N#Cc1nc(COc2ccc(-c3ccccc3)cc2)oc1NC[C@@H]1CCCO1. The van der Waals surface area contributed by atoms with Gasteiger partial charge in [-0.15, -0.1) is 0 Å². The molecule has 1 aliphatic rings. The Labute approximate surface area is 163 Å². The molecule has 0 saturated carbocycles. The van der Waals surface area contributed by atoms with Gasteiger partial charge >= 0.3 is 0 Å². The predicted octanol–water partition coefficient (Wildman–Crippen LogP) is 4.38. The molecule has 142 valence electrons. The van der Waals surface area contributed by atoms with Crippen molar-refractivity contribution >= 4 is 5.88 Å². The molecule has 6 heteroatoms. The van der Waals surface area contributed by atoms with E-state index in [0.717, 1.165) is 30.6 Å². The fourth-order valence-electron chi connectivity index (χ4n) is 3.15. The molecular formula is C22H21N3O3. The Morgan fingerprint density at radius 3 is 2.61 bits per heavy atom. The summed E-state index contributed by atoms with van der Waals surface area (Å²) in [5.74, 6) is 1.44. The van der Waals surface area contributed by atoms with E-state index >= 15 is 0 Å². The van der Waals surface area contributed by atoms with Gasteiger partial charge < -0.3 is 19.2 Å². The number of nitriles is 1. The minimum absolute atomic E-state index is 0.152. The van der Waals surface area contributed by atoms with Crippen LogP contribution in [0.15, 0.2) is 59.0 Å². The van der Waals surface area contributed by atoms with Crippen molar-refractivity contribution in [3.8, 4) is 22.9 Å². The molecule has 1 atom stereocenters. The molecule has 6 nitrogen and oxygen atoms in total. The van der Waals surface area contributed by atoms with Gasteiger partial charge in [0.25, 0.3) is 0 Å². The Kier molecular flexibility index (Phi) is 5.55. The van der Waals surface area contributed by atoms with Crippen LogP contribution in [0.2, 0.25) is 0 Å². The number of benzene rings is 2. The molecule has 1 N–H and O–H groups in total. The Balaban J connectivity index is 1.36. The second-order valence-corrected chi connectivity index (χ2v) is 6.59. The van der Waals surface area contributed by atoms with Gasteiger partial charge in [-0.25, -0.2) is 0 Å². The van der Waals surface area contributed by atoms with Crippen LogP contribution in [0, 0.1) is 11.3 Å². The first-order valence-corrected chi connectivity index (χ1v) is 9.35. The predicted molar refractivity (Wildman–Crippen MR) is 105 cm³/mol. The van der Waals surface area contributed by atoms with Crippen LogP contribution in [0.3, 0.4) is 0 Å². The Morgan fingerprint density at radius 1 is 1.11 bits per heavy atom. The molecule has 0 aliphatic carbocycles. The Hall–Kier alpha value is -3.30. The average molecular weight is 375 g/mol. The lowest BCUT2D eigenvalue weighted by Gasteiger charge is -2.09. The molecule has 4 rings (SSSR count). The van der Waals surface area contributed by atoms with Gasteiger partial charge in [-0.3, -0.25) is 0 Å². The lowest BCUT2D eigenvalue weighted by Crippen LogP contribution is -2.18. The van der Waals surface area contributed by atoms with Crippen LogP contribution in [0.5, 0.6) is 5.75 Å². The number of ether oxygens (including phenoxy) is 2. The molecule has 0 amide bonds. The van der Waals surface area contributed by atoms with E-state index in [9.17, 15) is 5.26 Å². The maximum absolute atomic E-state index is 9.26. The van der Waals surface area contributed by atoms with E-state index in [-0.39, 0.29) is 18.4 Å². The Morgan fingerprint density at radius 2 is 1.89 bits per heavy atom. The van der Waals surface area contributed by atoms with Gasteiger partial charge in [0.2, 0.25) is 17.5 Å². The van der Waals surface area contributed by atoms with Crippen LogP contribution in [0.25, 0.3) is 11.1 Å². The highest BCUT2D eigenvalue weighted by Gasteiger charge is 2.18. The number of hydrogen-bond donors (Lipinski definition) is 1. The van der Waals surface area contributed by atoms with E-state index < -0.39 is 0 Å². The zero-order valence-electron chi connectivity index (χ0n) is 15.4. The van der Waals surface area contributed by atoms with Crippen LogP contribution >= 0.6 is 0 Å². The molecule has 1 saturated heterocycles. The first-order chi connectivity index (χ1) is 13.8. The number of aromatic nitrogens is 1. The number of hydrogen-bond acceptors (Lipinski definition) is 6. The van der Waals surface area contributed by atoms with Gasteiger partial charge in [-0.05, 0) is 36.1 Å². The largest absolute Gasteiger partial charge is 0.484 e. The molecule has 0 spiro atoms. The van der Waals surface area contributed by atoms with E-state index in [1.165, 1.54) is 0 Å². The summed E-state index contributed by atoms with van der Waals surface area (Å²) in [6.07, 6.45) is 2.23. The molecule has 28 heavy (non-hydrogen) atoms. The molecule has 3 aromatic rings. The van der Waals surface area contributed by atoms with Crippen molar-refractivity contribution in [3.63, 3.8) is 0 Å². The van der Waals surface area contributed by atoms with Gasteiger partial charge in [0, 0.05) is 13.2 Å². The molecule has 1 aromatic heterocycles. The van der Waals surface area contributed by atoms with Crippen LogP contribution in [0.4, 0.5) is 5.88 Å². The minimum Gasteiger partial charge on any atom is -0.484 e. The van der Waals surface area contributed by atoms with Crippen LogP contribution in [-0.2, 0) is 11.3 Å². The summed E-state index contributed by atoms with van der Waals surface area (Å²) in [7, 11) is 0. The van der Waals surface area contributed by atoms with E-state index in [1.807, 2.05) is 42.5 Å². The first kappa shape index (κ1) is 18.1. The molecule has 1 fully saturated rings. The fourth-order valence-corrected chi connectivity index (χ4v) is 3.15. The molecule has 0 bridgehead atoms. The third kappa shape index (κ3) is 4.33. The van der Waals surface area contributed by atoms with E-state index in [4.69, 9.17) is 13.9 Å². The standard InChI is InChI=1S/C22H21N3O3/c23-13-20-22(24-14-19-7-4-12-26-19)28-21(25-20)15-27-18-10-8-17(9-11-18)16-5-2-1-3-6-16/h1-3,5-6,8-11,19,24H,4,7,12,14-15H2/t19-/m0/s1. The van der Waals surface area contributed by atoms with Crippen LogP contribution in [-0.4, -0.2) is 24.2 Å². The number of rotatable bonds is 7. The summed E-state index contributed by atoms with van der Waals surface area (Å²) >= 11 is 0. The molecule has 0 unspecified atom stereocenters. The second-order valence-electron chi connectivity index (χ2n) is 6.59. The highest BCUT2D eigenvalue weighted by Crippen LogP contribution is 2.24. The number of oxazole rings is 1. The minimum atomic E-state index is 0.152. The van der Waals surface area contributed by atoms with Gasteiger partial charge in [0.1, 0.15) is 11.8 Å². The van der Waals surface area contributed by atoms with Crippen molar-refractivity contribution in [2.45, 2.75) is 25.6 Å². The van der Waals surface area contributed by atoms with E-state index in [2.05, 4.69) is 28.5 Å². The molecule has 1 aliphatic heterocycles. The second kappa shape index (κ2) is 8.59. The quantitative estimate of drug-likeness (QED) is 0.660. The van der Waals surface area contributed by atoms with Crippen LogP contribution < -0.4 is 10.1 Å². The number of nitrogens with zero attached hydrogens (tertiary/aromatic N) is 2. The van der Waals surface area contributed by atoms with Crippen molar-refractivity contribution < 1.29 is 13.9 Å². The summed E-state index contributed by atoms with van der Waals surface area (Å²) in [6, 6.07) is 20.0. The van der Waals surface area contributed by atoms with Gasteiger partial charge in [0.15, 0.2) is 6.61 Å². The normalized spacial score (nSPS) is 15.9. The summed E-state index contributed by atoms with van der Waals surface area (Å²) in [6.45, 7) is 1.54. The Bertz CT molecular complexity index is 939. The zero-order valence-corrected chi connectivity index (χ0v) is 15.4. The lowest BCUT2D eigenvalue weighted by atomic mass is 10.1. The van der Waals surface area contributed by atoms with Crippen molar-refractivity contribution in [2.24, 2.45) is 0 Å². The topological polar surface area (TPSA) is 80.3 Å². The van der Waals surface area contributed by atoms with Crippen molar-refractivity contribution in [3.05, 3.63) is 66.2 Å². The monoisotopic (exact) mass is 375 g/mol. The van der Waals surface area contributed by atoms with Crippen molar-refractivity contribution in [1.29, 1.82) is 5.26 Å². The van der Waals surface area contributed by atoms with Gasteiger partial charge in [-0.2, -0.15) is 10.2 Å². The van der Waals surface area contributed by atoms with Crippen molar-refractivity contribution in [2.75, 3.05) is 18.5 Å². The fraction of sp³-hybridized carbons (Fsp3) is 0.273.